The van der Waals surface area contributed by atoms with E-state index >= 15 is 0 Å². The lowest BCUT2D eigenvalue weighted by Crippen LogP contribution is -2.51. The average Bonchev–Trinajstić information content (AvgIpc) is 2.89. The predicted octanol–water partition coefficient (Wildman–Crippen LogP) is 2.08. The zero-order chi connectivity index (χ0) is 14.8. The number of nitrogens with zero attached hydrogens (tertiary/aromatic N) is 2. The van der Waals surface area contributed by atoms with E-state index in [0.717, 1.165) is 12.1 Å². The third-order valence-electron chi connectivity index (χ3n) is 3.78. The number of benzene rings is 1. The zero-order valence-electron chi connectivity index (χ0n) is 12.3. The Hall–Kier alpha value is -2.14. The fraction of sp³-hybridized carbons (Fsp3) is 0.375. The van der Waals surface area contributed by atoms with Gasteiger partial charge in [-0.05, 0) is 13.8 Å². The highest BCUT2D eigenvalue weighted by atomic mass is 16.5. The van der Waals surface area contributed by atoms with Crippen molar-refractivity contribution in [1.29, 1.82) is 0 Å². The summed E-state index contributed by atoms with van der Waals surface area (Å²) in [5.41, 5.74) is 2.11. The monoisotopic (exact) mass is 285 g/mol. The van der Waals surface area contributed by atoms with Gasteiger partial charge in [0.15, 0.2) is 0 Å². The van der Waals surface area contributed by atoms with Gasteiger partial charge in [-0.3, -0.25) is 4.79 Å². The lowest BCUT2D eigenvalue weighted by Gasteiger charge is -2.31. The Morgan fingerprint density at radius 3 is 2.86 bits per heavy atom. The summed E-state index contributed by atoms with van der Waals surface area (Å²) >= 11 is 0. The van der Waals surface area contributed by atoms with Crippen molar-refractivity contribution < 1.29 is 9.32 Å². The molecule has 1 aliphatic heterocycles. The lowest BCUT2D eigenvalue weighted by atomic mass is 10.0. The number of aromatic nitrogens is 1. The summed E-state index contributed by atoms with van der Waals surface area (Å²) in [7, 11) is 0. The molecule has 2 aromatic rings. The van der Waals surface area contributed by atoms with Crippen LogP contribution in [0.15, 0.2) is 34.9 Å². The van der Waals surface area contributed by atoms with Gasteiger partial charge in [-0.1, -0.05) is 35.5 Å². The van der Waals surface area contributed by atoms with Crippen LogP contribution in [0.2, 0.25) is 0 Å². The first kappa shape index (κ1) is 13.8. The molecule has 110 valence electrons. The maximum atomic E-state index is 12.8. The molecule has 1 aliphatic rings. The van der Waals surface area contributed by atoms with E-state index < -0.39 is 0 Å². The van der Waals surface area contributed by atoms with E-state index in [0.29, 0.717) is 36.1 Å². The van der Waals surface area contributed by atoms with Gasteiger partial charge >= 0.3 is 0 Å². The minimum Gasteiger partial charge on any atom is -0.360 e. The molecule has 2 heterocycles. The largest absolute Gasteiger partial charge is 0.360 e. The normalized spacial score (nSPS) is 18.8. The predicted molar refractivity (Wildman–Crippen MR) is 80.0 cm³/mol. The Morgan fingerprint density at radius 1 is 1.38 bits per heavy atom. The quantitative estimate of drug-likeness (QED) is 0.918. The third-order valence-corrected chi connectivity index (χ3v) is 3.78. The fourth-order valence-corrected chi connectivity index (χ4v) is 2.69. The molecule has 21 heavy (non-hydrogen) atoms. The molecule has 0 spiro atoms. The highest BCUT2D eigenvalue weighted by molar-refractivity contribution is 6.00. The van der Waals surface area contributed by atoms with Gasteiger partial charge in [0.1, 0.15) is 17.0 Å². The minimum atomic E-state index is 0.000882. The van der Waals surface area contributed by atoms with Crippen LogP contribution in [0.4, 0.5) is 0 Å². The van der Waals surface area contributed by atoms with Gasteiger partial charge in [0, 0.05) is 31.2 Å². The number of hydrogen-bond acceptors (Lipinski definition) is 4. The summed E-state index contributed by atoms with van der Waals surface area (Å²) in [5, 5.41) is 7.42. The molecule has 0 aliphatic carbocycles. The number of hydrogen-bond donors (Lipinski definition) is 1. The van der Waals surface area contributed by atoms with Crippen molar-refractivity contribution >= 4 is 5.91 Å². The van der Waals surface area contributed by atoms with Crippen molar-refractivity contribution in [3.8, 4) is 11.3 Å². The minimum absolute atomic E-state index is 0.000882. The molecule has 1 aromatic carbocycles. The molecule has 5 heteroatoms. The number of aryl methyl sites for hydroxylation is 1. The molecular formula is C16H19N3O2. The Bertz CT molecular complexity index is 636. The highest BCUT2D eigenvalue weighted by Crippen LogP contribution is 2.26. The SMILES string of the molecule is Cc1onc(-c2ccccc2)c1C(=O)N1CCNC(C)C1. The van der Waals surface area contributed by atoms with Crippen LogP contribution in [0.25, 0.3) is 11.3 Å². The zero-order valence-corrected chi connectivity index (χ0v) is 12.3. The van der Waals surface area contributed by atoms with Gasteiger partial charge < -0.3 is 14.7 Å². The average molecular weight is 285 g/mol. The molecule has 0 saturated carbocycles. The topological polar surface area (TPSA) is 58.4 Å². The van der Waals surface area contributed by atoms with Crippen molar-refractivity contribution in [3.63, 3.8) is 0 Å². The van der Waals surface area contributed by atoms with Crippen molar-refractivity contribution in [1.82, 2.24) is 15.4 Å². The summed E-state index contributed by atoms with van der Waals surface area (Å²) in [5.74, 6) is 0.575. The molecule has 1 N–H and O–H groups in total. The first-order chi connectivity index (χ1) is 10.2. The van der Waals surface area contributed by atoms with Crippen molar-refractivity contribution in [2.24, 2.45) is 0 Å². The Labute approximate surface area is 123 Å². The van der Waals surface area contributed by atoms with Gasteiger partial charge in [-0.2, -0.15) is 0 Å². The van der Waals surface area contributed by atoms with Crippen LogP contribution >= 0.6 is 0 Å². The number of carbonyl (C=O) groups excluding carboxylic acids is 1. The van der Waals surface area contributed by atoms with Crippen LogP contribution in [0.5, 0.6) is 0 Å². The van der Waals surface area contributed by atoms with Gasteiger partial charge in [-0.15, -0.1) is 0 Å². The van der Waals surface area contributed by atoms with E-state index in [4.69, 9.17) is 4.52 Å². The smallest absolute Gasteiger partial charge is 0.259 e. The maximum absolute atomic E-state index is 12.8. The van der Waals surface area contributed by atoms with E-state index in [-0.39, 0.29) is 5.91 Å². The van der Waals surface area contributed by atoms with Gasteiger partial charge in [0.05, 0.1) is 0 Å². The van der Waals surface area contributed by atoms with Gasteiger partial charge in [0.2, 0.25) is 0 Å². The lowest BCUT2D eigenvalue weighted by molar-refractivity contribution is 0.0708. The summed E-state index contributed by atoms with van der Waals surface area (Å²) in [6, 6.07) is 9.99. The molecule has 3 rings (SSSR count). The second-order valence-corrected chi connectivity index (χ2v) is 5.43. The van der Waals surface area contributed by atoms with Crippen LogP contribution in [0.1, 0.15) is 23.0 Å². The molecule has 0 radical (unpaired) electrons. The van der Waals surface area contributed by atoms with E-state index in [2.05, 4.69) is 17.4 Å². The van der Waals surface area contributed by atoms with Crippen LogP contribution < -0.4 is 5.32 Å². The Morgan fingerprint density at radius 2 is 2.14 bits per heavy atom. The van der Waals surface area contributed by atoms with Crippen molar-refractivity contribution in [2.45, 2.75) is 19.9 Å². The van der Waals surface area contributed by atoms with E-state index in [1.165, 1.54) is 0 Å². The number of carbonyl (C=O) groups is 1. The van der Waals surface area contributed by atoms with Crippen LogP contribution in [0, 0.1) is 6.92 Å². The number of rotatable bonds is 2. The number of piperazine rings is 1. The first-order valence-corrected chi connectivity index (χ1v) is 7.21. The van der Waals surface area contributed by atoms with E-state index in [1.54, 1.807) is 6.92 Å². The van der Waals surface area contributed by atoms with Crippen LogP contribution in [-0.2, 0) is 0 Å². The van der Waals surface area contributed by atoms with E-state index in [9.17, 15) is 4.79 Å². The number of nitrogens with one attached hydrogen (secondary N) is 1. The second kappa shape index (κ2) is 5.69. The highest BCUT2D eigenvalue weighted by Gasteiger charge is 2.28. The summed E-state index contributed by atoms with van der Waals surface area (Å²) in [4.78, 5) is 14.7. The summed E-state index contributed by atoms with van der Waals surface area (Å²) < 4.78 is 5.28. The molecule has 1 unspecified atom stereocenters. The third kappa shape index (κ3) is 2.69. The van der Waals surface area contributed by atoms with Crippen LogP contribution in [-0.4, -0.2) is 41.6 Å². The van der Waals surface area contributed by atoms with Gasteiger partial charge in [0.25, 0.3) is 5.91 Å². The fourth-order valence-electron chi connectivity index (χ4n) is 2.69. The molecule has 1 saturated heterocycles. The van der Waals surface area contributed by atoms with Gasteiger partial charge in [-0.25, -0.2) is 0 Å². The summed E-state index contributed by atoms with van der Waals surface area (Å²) in [6.45, 7) is 6.11. The molecule has 1 fully saturated rings. The molecule has 0 bridgehead atoms. The van der Waals surface area contributed by atoms with Crippen molar-refractivity contribution in [2.75, 3.05) is 19.6 Å². The molecule has 1 amide bonds. The standard InChI is InChI=1S/C16H19N3O2/c1-11-10-19(9-8-17-11)16(20)14-12(2)21-18-15(14)13-6-4-3-5-7-13/h3-7,11,17H,8-10H2,1-2H3. The van der Waals surface area contributed by atoms with Crippen LogP contribution in [0.3, 0.4) is 0 Å². The van der Waals surface area contributed by atoms with Crippen molar-refractivity contribution in [3.05, 3.63) is 41.7 Å². The second-order valence-electron chi connectivity index (χ2n) is 5.43. The molecular weight excluding hydrogens is 266 g/mol. The maximum Gasteiger partial charge on any atom is 0.259 e. The first-order valence-electron chi connectivity index (χ1n) is 7.21. The molecule has 1 atom stereocenters. The Balaban J connectivity index is 1.95. The Kier molecular flexibility index (Phi) is 3.75. The number of amides is 1. The summed E-state index contributed by atoms with van der Waals surface area (Å²) in [6.07, 6.45) is 0. The van der Waals surface area contributed by atoms with E-state index in [1.807, 2.05) is 35.2 Å². The molecule has 5 nitrogen and oxygen atoms in total. The molecule has 1 aromatic heterocycles.